The van der Waals surface area contributed by atoms with Gasteiger partial charge >= 0.3 is 0 Å². The van der Waals surface area contributed by atoms with Crippen molar-refractivity contribution in [3.05, 3.63) is 23.8 Å². The summed E-state index contributed by atoms with van der Waals surface area (Å²) >= 11 is 0. The second kappa shape index (κ2) is 6.45. The number of nitrogens with zero attached hydrogens (tertiary/aromatic N) is 1. The number of phenols is 1. The van der Waals surface area contributed by atoms with Crippen molar-refractivity contribution in [1.29, 1.82) is 0 Å². The maximum Gasteiger partial charge on any atom is 0.192 e. The number of rotatable bonds is 4. The van der Waals surface area contributed by atoms with Crippen LogP contribution >= 0.6 is 0 Å². The minimum atomic E-state index is -0.376. The second-order valence-electron chi connectivity index (χ2n) is 6.13. The molecule has 2 rings (SSSR count). The molecule has 116 valence electrons. The molecule has 1 saturated heterocycles. The summed E-state index contributed by atoms with van der Waals surface area (Å²) in [4.78, 5) is 14.2. The Kier molecular flexibility index (Phi) is 4.85. The zero-order valence-electron chi connectivity index (χ0n) is 12.9. The van der Waals surface area contributed by atoms with E-state index in [1.54, 1.807) is 12.1 Å². The molecule has 0 aliphatic carbocycles. The number of aromatic hydroxyl groups is 1. The number of morpholine rings is 1. The van der Waals surface area contributed by atoms with Crippen LogP contribution in [0.1, 0.15) is 31.1 Å². The van der Waals surface area contributed by atoms with Crippen LogP contribution in [0, 0.1) is 0 Å². The van der Waals surface area contributed by atoms with E-state index in [1.807, 2.05) is 26.8 Å². The van der Waals surface area contributed by atoms with Crippen molar-refractivity contribution in [2.75, 3.05) is 37.8 Å². The molecule has 5 nitrogen and oxygen atoms in total. The number of benzene rings is 1. The first-order valence-electron chi connectivity index (χ1n) is 7.20. The third-order valence-electron chi connectivity index (χ3n) is 3.29. The lowest BCUT2D eigenvalue weighted by Gasteiger charge is -2.29. The SMILES string of the molecule is CC(C)(C)OCC(=O)c1ccc(N2CCOCC2)cc1O. The van der Waals surface area contributed by atoms with Gasteiger partial charge in [0.15, 0.2) is 5.78 Å². The lowest BCUT2D eigenvalue weighted by Crippen LogP contribution is -2.36. The highest BCUT2D eigenvalue weighted by molar-refractivity contribution is 6.00. The Morgan fingerprint density at radius 3 is 2.57 bits per heavy atom. The minimum absolute atomic E-state index is 0.00139. The summed E-state index contributed by atoms with van der Waals surface area (Å²) in [6.07, 6.45) is 0. The molecule has 0 atom stereocenters. The third-order valence-corrected chi connectivity index (χ3v) is 3.29. The van der Waals surface area contributed by atoms with Gasteiger partial charge in [0.05, 0.1) is 24.4 Å². The topological polar surface area (TPSA) is 59.0 Å². The van der Waals surface area contributed by atoms with Gasteiger partial charge in [-0.3, -0.25) is 4.79 Å². The highest BCUT2D eigenvalue weighted by Crippen LogP contribution is 2.26. The fourth-order valence-electron chi connectivity index (χ4n) is 2.13. The van der Waals surface area contributed by atoms with Crippen molar-refractivity contribution in [3.8, 4) is 5.75 Å². The largest absolute Gasteiger partial charge is 0.507 e. The van der Waals surface area contributed by atoms with Crippen LogP contribution in [0.3, 0.4) is 0 Å². The summed E-state index contributed by atoms with van der Waals surface area (Å²) in [6.45, 7) is 8.58. The molecular formula is C16H23NO4. The molecule has 0 radical (unpaired) electrons. The van der Waals surface area contributed by atoms with Gasteiger partial charge in [0, 0.05) is 24.8 Å². The standard InChI is InChI=1S/C16H23NO4/c1-16(2,3)21-11-15(19)13-5-4-12(10-14(13)18)17-6-8-20-9-7-17/h4-5,10,18H,6-9,11H2,1-3H3. The molecule has 5 heteroatoms. The highest BCUT2D eigenvalue weighted by Gasteiger charge is 2.18. The number of hydrogen-bond donors (Lipinski definition) is 1. The molecule has 21 heavy (non-hydrogen) atoms. The first-order valence-corrected chi connectivity index (χ1v) is 7.20. The normalized spacial score (nSPS) is 16.0. The number of ether oxygens (including phenoxy) is 2. The van der Waals surface area contributed by atoms with E-state index in [4.69, 9.17) is 9.47 Å². The number of ketones is 1. The van der Waals surface area contributed by atoms with E-state index in [-0.39, 0.29) is 23.7 Å². The molecule has 0 bridgehead atoms. The van der Waals surface area contributed by atoms with E-state index in [9.17, 15) is 9.90 Å². The predicted octanol–water partition coefficient (Wildman–Crippen LogP) is 2.23. The minimum Gasteiger partial charge on any atom is -0.507 e. The predicted molar refractivity (Wildman–Crippen MR) is 81.2 cm³/mol. The number of hydrogen-bond acceptors (Lipinski definition) is 5. The number of anilines is 1. The third kappa shape index (κ3) is 4.44. The summed E-state index contributed by atoms with van der Waals surface area (Å²) in [7, 11) is 0. The zero-order valence-corrected chi connectivity index (χ0v) is 12.9. The van der Waals surface area contributed by atoms with E-state index in [2.05, 4.69) is 4.90 Å². The summed E-state index contributed by atoms with van der Waals surface area (Å²) in [5.41, 5.74) is 0.833. The van der Waals surface area contributed by atoms with Crippen molar-refractivity contribution >= 4 is 11.5 Å². The Hall–Kier alpha value is -1.59. The van der Waals surface area contributed by atoms with E-state index < -0.39 is 0 Å². The lowest BCUT2D eigenvalue weighted by molar-refractivity contribution is 0.00296. The molecule has 1 N–H and O–H groups in total. The number of carbonyl (C=O) groups excluding carboxylic acids is 1. The van der Waals surface area contributed by atoms with Crippen molar-refractivity contribution in [2.45, 2.75) is 26.4 Å². The van der Waals surface area contributed by atoms with Gasteiger partial charge in [-0.15, -0.1) is 0 Å². The van der Waals surface area contributed by atoms with Gasteiger partial charge in [-0.1, -0.05) is 0 Å². The number of Topliss-reactive ketones (excluding diaryl/α,β-unsaturated/α-hetero) is 1. The van der Waals surface area contributed by atoms with Gasteiger partial charge in [-0.25, -0.2) is 0 Å². The van der Waals surface area contributed by atoms with Crippen LogP contribution in [0.2, 0.25) is 0 Å². The molecule has 0 saturated carbocycles. The van der Waals surface area contributed by atoms with Gasteiger partial charge in [0.1, 0.15) is 12.4 Å². The van der Waals surface area contributed by atoms with Gasteiger partial charge in [0.2, 0.25) is 0 Å². The van der Waals surface area contributed by atoms with Gasteiger partial charge < -0.3 is 19.5 Å². The van der Waals surface area contributed by atoms with Crippen molar-refractivity contribution in [3.63, 3.8) is 0 Å². The highest BCUT2D eigenvalue weighted by atomic mass is 16.5. The van der Waals surface area contributed by atoms with Crippen LogP contribution in [0.25, 0.3) is 0 Å². The molecule has 1 aromatic carbocycles. The van der Waals surface area contributed by atoms with Crippen LogP contribution in [0.4, 0.5) is 5.69 Å². The van der Waals surface area contributed by atoms with E-state index in [0.717, 1.165) is 18.8 Å². The van der Waals surface area contributed by atoms with Gasteiger partial charge in [-0.2, -0.15) is 0 Å². The molecule has 0 unspecified atom stereocenters. The van der Waals surface area contributed by atoms with Crippen LogP contribution in [-0.2, 0) is 9.47 Å². The molecular weight excluding hydrogens is 270 g/mol. The van der Waals surface area contributed by atoms with Crippen LogP contribution < -0.4 is 4.90 Å². The van der Waals surface area contributed by atoms with Crippen LogP contribution in [-0.4, -0.2) is 49.4 Å². The quantitative estimate of drug-likeness (QED) is 0.863. The first kappa shape index (κ1) is 15.8. The lowest BCUT2D eigenvalue weighted by atomic mass is 10.1. The molecule has 1 aromatic rings. The van der Waals surface area contributed by atoms with Crippen molar-refractivity contribution in [2.24, 2.45) is 0 Å². The van der Waals surface area contributed by atoms with Gasteiger partial charge in [0.25, 0.3) is 0 Å². The Morgan fingerprint density at radius 2 is 2.00 bits per heavy atom. The average molecular weight is 293 g/mol. The fourth-order valence-corrected chi connectivity index (χ4v) is 2.13. The molecule has 1 heterocycles. The van der Waals surface area contributed by atoms with E-state index in [0.29, 0.717) is 18.8 Å². The van der Waals surface area contributed by atoms with Crippen LogP contribution in [0.15, 0.2) is 18.2 Å². The summed E-state index contributed by atoms with van der Waals surface area (Å²) < 4.78 is 10.8. The molecule has 1 aliphatic heterocycles. The molecule has 1 aliphatic rings. The molecule has 0 aromatic heterocycles. The maximum atomic E-state index is 12.1. The van der Waals surface area contributed by atoms with Crippen molar-refractivity contribution < 1.29 is 19.4 Å². The second-order valence-corrected chi connectivity index (χ2v) is 6.13. The van der Waals surface area contributed by atoms with Crippen LogP contribution in [0.5, 0.6) is 5.75 Å². The number of carbonyl (C=O) groups is 1. The zero-order chi connectivity index (χ0) is 15.5. The number of phenolic OH excluding ortho intramolecular Hbond substituents is 1. The maximum absolute atomic E-state index is 12.1. The summed E-state index contributed by atoms with van der Waals surface area (Å²) in [6, 6.07) is 5.15. The first-order chi connectivity index (χ1) is 9.87. The Labute approximate surface area is 125 Å². The molecule has 0 spiro atoms. The average Bonchev–Trinajstić information content (AvgIpc) is 2.45. The molecule has 1 fully saturated rings. The van der Waals surface area contributed by atoms with E-state index >= 15 is 0 Å². The Bertz CT molecular complexity index is 501. The van der Waals surface area contributed by atoms with Gasteiger partial charge in [-0.05, 0) is 32.9 Å². The molecule has 0 amide bonds. The Morgan fingerprint density at radius 1 is 1.33 bits per heavy atom. The summed E-state index contributed by atoms with van der Waals surface area (Å²) in [5.74, 6) is -0.211. The summed E-state index contributed by atoms with van der Waals surface area (Å²) in [5, 5.41) is 10.1. The van der Waals surface area contributed by atoms with Crippen molar-refractivity contribution in [1.82, 2.24) is 0 Å². The smallest absolute Gasteiger partial charge is 0.192 e. The van der Waals surface area contributed by atoms with E-state index in [1.165, 1.54) is 0 Å². The monoisotopic (exact) mass is 293 g/mol. The fraction of sp³-hybridized carbons (Fsp3) is 0.562. The Balaban J connectivity index is 2.06.